The van der Waals surface area contributed by atoms with E-state index in [0.29, 0.717) is 17.9 Å². The van der Waals surface area contributed by atoms with Crippen LogP contribution in [0.5, 0.6) is 0 Å². The molecule has 2 heteroatoms. The molecule has 0 aromatic heterocycles. The van der Waals surface area contributed by atoms with Crippen molar-refractivity contribution in [2.75, 3.05) is 7.11 Å². The summed E-state index contributed by atoms with van der Waals surface area (Å²) in [6.07, 6.45) is 4.86. The van der Waals surface area contributed by atoms with Crippen LogP contribution < -0.4 is 5.73 Å². The molecule has 0 saturated heterocycles. The summed E-state index contributed by atoms with van der Waals surface area (Å²) >= 11 is 0. The van der Waals surface area contributed by atoms with Crippen molar-refractivity contribution in [2.45, 2.75) is 31.7 Å². The lowest BCUT2D eigenvalue weighted by atomic mass is 9.92. The van der Waals surface area contributed by atoms with Crippen LogP contribution >= 0.6 is 0 Å². The molecule has 0 heterocycles. The summed E-state index contributed by atoms with van der Waals surface area (Å²) in [6, 6.07) is 7.00. The molecule has 3 atom stereocenters. The SMILES string of the molecule is C=C(OC)c1ccc2c(c1)C[C@H]1CC[C@@H](C2)C1N. The zero-order valence-corrected chi connectivity index (χ0v) is 11.0. The highest BCUT2D eigenvalue weighted by Gasteiger charge is 2.36. The minimum Gasteiger partial charge on any atom is -0.497 e. The van der Waals surface area contributed by atoms with Crippen LogP contribution in [0, 0.1) is 11.8 Å². The first kappa shape index (κ1) is 11.8. The highest BCUT2D eigenvalue weighted by Crippen LogP contribution is 2.39. The molecule has 0 aliphatic heterocycles. The van der Waals surface area contributed by atoms with E-state index in [0.717, 1.165) is 24.2 Å². The molecule has 2 bridgehead atoms. The molecule has 0 spiro atoms. The van der Waals surface area contributed by atoms with Gasteiger partial charge < -0.3 is 10.5 Å². The van der Waals surface area contributed by atoms with Crippen molar-refractivity contribution in [1.29, 1.82) is 0 Å². The van der Waals surface area contributed by atoms with Crippen LogP contribution in [0.4, 0.5) is 0 Å². The molecule has 1 aromatic carbocycles. The van der Waals surface area contributed by atoms with E-state index in [1.54, 1.807) is 7.11 Å². The molecule has 1 fully saturated rings. The Kier molecular flexibility index (Phi) is 2.90. The normalized spacial score (nSPS) is 29.6. The largest absolute Gasteiger partial charge is 0.497 e. The molecule has 96 valence electrons. The number of rotatable bonds is 2. The molecule has 1 saturated carbocycles. The van der Waals surface area contributed by atoms with Gasteiger partial charge in [-0.3, -0.25) is 0 Å². The number of methoxy groups -OCH3 is 1. The topological polar surface area (TPSA) is 35.2 Å². The number of fused-ring (bicyclic) bond motifs is 3. The quantitative estimate of drug-likeness (QED) is 0.811. The summed E-state index contributed by atoms with van der Waals surface area (Å²) in [5, 5.41) is 0. The fourth-order valence-corrected chi connectivity index (χ4v) is 3.55. The third kappa shape index (κ3) is 1.85. The summed E-state index contributed by atoms with van der Waals surface area (Å²) in [4.78, 5) is 0. The van der Waals surface area contributed by atoms with E-state index in [4.69, 9.17) is 10.5 Å². The standard InChI is InChI=1S/C16H21NO/c1-10(18-2)11-3-4-12-8-13-5-6-14(16(13)17)9-15(12)7-11/h3-4,7,13-14,16H,1,5-6,8-9,17H2,2H3/t13-,14+,16?/m0/s1. The number of ether oxygens (including phenoxy) is 1. The Morgan fingerprint density at radius 3 is 2.56 bits per heavy atom. The van der Waals surface area contributed by atoms with Crippen LogP contribution in [0.2, 0.25) is 0 Å². The predicted molar refractivity (Wildman–Crippen MR) is 74.1 cm³/mol. The van der Waals surface area contributed by atoms with Crippen LogP contribution in [0.15, 0.2) is 24.8 Å². The fraction of sp³-hybridized carbons (Fsp3) is 0.500. The lowest BCUT2D eigenvalue weighted by Gasteiger charge is -2.15. The highest BCUT2D eigenvalue weighted by atomic mass is 16.5. The minimum atomic E-state index is 0.395. The molecule has 2 N–H and O–H groups in total. The summed E-state index contributed by atoms with van der Waals surface area (Å²) < 4.78 is 5.22. The molecule has 2 nitrogen and oxygen atoms in total. The van der Waals surface area contributed by atoms with Crippen LogP contribution in [-0.2, 0) is 17.6 Å². The van der Waals surface area contributed by atoms with Gasteiger partial charge in [0.05, 0.1) is 7.11 Å². The fourth-order valence-electron chi connectivity index (χ4n) is 3.55. The molecular weight excluding hydrogens is 222 g/mol. The van der Waals surface area contributed by atoms with Gasteiger partial charge in [0.1, 0.15) is 5.76 Å². The second-order valence-corrected chi connectivity index (χ2v) is 5.69. The van der Waals surface area contributed by atoms with Crippen LogP contribution in [-0.4, -0.2) is 13.2 Å². The Balaban J connectivity index is 1.96. The van der Waals surface area contributed by atoms with Gasteiger partial charge in [-0.25, -0.2) is 0 Å². The Morgan fingerprint density at radius 1 is 1.22 bits per heavy atom. The average molecular weight is 243 g/mol. The number of hydrogen-bond donors (Lipinski definition) is 1. The Labute approximate surface area is 109 Å². The third-order valence-electron chi connectivity index (χ3n) is 4.74. The van der Waals surface area contributed by atoms with Gasteiger partial charge in [0.2, 0.25) is 0 Å². The Bertz CT molecular complexity index is 480. The van der Waals surface area contributed by atoms with Crippen molar-refractivity contribution >= 4 is 5.76 Å². The van der Waals surface area contributed by atoms with Gasteiger partial charge in [-0.15, -0.1) is 0 Å². The van der Waals surface area contributed by atoms with Crippen LogP contribution in [0.3, 0.4) is 0 Å². The second-order valence-electron chi connectivity index (χ2n) is 5.69. The maximum Gasteiger partial charge on any atom is 0.118 e. The monoisotopic (exact) mass is 243 g/mol. The molecule has 1 unspecified atom stereocenters. The summed E-state index contributed by atoms with van der Waals surface area (Å²) in [6.45, 7) is 3.93. The minimum absolute atomic E-state index is 0.395. The Hall–Kier alpha value is -1.28. The molecule has 2 aliphatic carbocycles. The van der Waals surface area contributed by atoms with Crippen LogP contribution in [0.1, 0.15) is 29.5 Å². The second kappa shape index (κ2) is 4.43. The molecule has 0 amide bonds. The Morgan fingerprint density at radius 2 is 1.89 bits per heavy atom. The number of benzene rings is 1. The molecule has 2 aliphatic rings. The lowest BCUT2D eigenvalue weighted by molar-refractivity contribution is 0.371. The van der Waals surface area contributed by atoms with Crippen molar-refractivity contribution < 1.29 is 4.74 Å². The van der Waals surface area contributed by atoms with E-state index in [2.05, 4.69) is 24.8 Å². The van der Waals surface area contributed by atoms with Crippen molar-refractivity contribution in [2.24, 2.45) is 17.6 Å². The van der Waals surface area contributed by atoms with Gasteiger partial charge >= 0.3 is 0 Å². The van der Waals surface area contributed by atoms with Crippen LogP contribution in [0.25, 0.3) is 5.76 Å². The first-order valence-corrected chi connectivity index (χ1v) is 6.79. The molecular formula is C16H21NO. The average Bonchev–Trinajstić information content (AvgIpc) is 2.63. The van der Waals surface area contributed by atoms with E-state index in [1.165, 1.54) is 24.0 Å². The van der Waals surface area contributed by atoms with Crippen molar-refractivity contribution in [3.63, 3.8) is 0 Å². The van der Waals surface area contributed by atoms with Gasteiger partial charge in [0, 0.05) is 11.6 Å². The summed E-state index contributed by atoms with van der Waals surface area (Å²) in [5.41, 5.74) is 10.4. The maximum absolute atomic E-state index is 6.35. The van der Waals surface area contributed by atoms with Crippen molar-refractivity contribution in [3.05, 3.63) is 41.5 Å². The van der Waals surface area contributed by atoms with Gasteiger partial charge in [-0.1, -0.05) is 18.7 Å². The molecule has 18 heavy (non-hydrogen) atoms. The molecule has 3 rings (SSSR count). The van der Waals surface area contributed by atoms with E-state index < -0.39 is 0 Å². The van der Waals surface area contributed by atoms with E-state index in [9.17, 15) is 0 Å². The highest BCUT2D eigenvalue weighted by molar-refractivity contribution is 5.59. The molecule has 0 radical (unpaired) electrons. The number of nitrogens with two attached hydrogens (primary N) is 1. The summed E-state index contributed by atoms with van der Waals surface area (Å²) in [7, 11) is 1.67. The zero-order chi connectivity index (χ0) is 12.7. The van der Waals surface area contributed by atoms with E-state index >= 15 is 0 Å². The predicted octanol–water partition coefficient (Wildman–Crippen LogP) is 2.76. The first-order chi connectivity index (χ1) is 8.69. The smallest absolute Gasteiger partial charge is 0.118 e. The van der Waals surface area contributed by atoms with Crippen molar-refractivity contribution in [3.8, 4) is 0 Å². The van der Waals surface area contributed by atoms with Gasteiger partial charge in [-0.2, -0.15) is 0 Å². The first-order valence-electron chi connectivity index (χ1n) is 6.79. The van der Waals surface area contributed by atoms with Crippen molar-refractivity contribution in [1.82, 2.24) is 0 Å². The zero-order valence-electron chi connectivity index (χ0n) is 11.0. The lowest BCUT2D eigenvalue weighted by Crippen LogP contribution is -2.31. The van der Waals surface area contributed by atoms with Gasteiger partial charge in [-0.05, 0) is 54.7 Å². The number of hydrogen-bond acceptors (Lipinski definition) is 2. The van der Waals surface area contributed by atoms with Gasteiger partial charge in [0.15, 0.2) is 0 Å². The third-order valence-corrected chi connectivity index (χ3v) is 4.74. The van der Waals surface area contributed by atoms with E-state index in [-0.39, 0.29) is 0 Å². The summed E-state index contributed by atoms with van der Waals surface area (Å²) in [5.74, 6) is 2.10. The maximum atomic E-state index is 6.35. The van der Waals surface area contributed by atoms with Gasteiger partial charge in [0.25, 0.3) is 0 Å². The molecule has 1 aromatic rings. The van der Waals surface area contributed by atoms with E-state index in [1.807, 2.05) is 0 Å².